The lowest BCUT2D eigenvalue weighted by Crippen LogP contribution is -2.26. The standard InChI is InChI=1S/C10H12FNO/c1-8-5-3-4-6-9(8)10(13)12(2)7-11/h3-6H,7H2,1-2H3. The van der Waals surface area contributed by atoms with Gasteiger partial charge in [-0.25, -0.2) is 4.39 Å². The molecule has 3 heteroatoms. The minimum atomic E-state index is -0.757. The molecule has 0 atom stereocenters. The maximum Gasteiger partial charge on any atom is 0.255 e. The molecule has 1 aromatic carbocycles. The first-order valence-corrected chi connectivity index (χ1v) is 4.04. The average Bonchev–Trinajstić information content (AvgIpc) is 2.16. The van der Waals surface area contributed by atoms with Gasteiger partial charge in [-0.15, -0.1) is 0 Å². The summed E-state index contributed by atoms with van der Waals surface area (Å²) in [7, 11) is 1.44. The molecule has 1 rings (SSSR count). The van der Waals surface area contributed by atoms with Crippen LogP contribution >= 0.6 is 0 Å². The highest BCUT2D eigenvalue weighted by atomic mass is 19.1. The Kier molecular flexibility index (Phi) is 3.01. The SMILES string of the molecule is Cc1ccccc1C(=O)N(C)CF. The summed E-state index contributed by atoms with van der Waals surface area (Å²) < 4.78 is 12.2. The zero-order valence-corrected chi connectivity index (χ0v) is 7.75. The van der Waals surface area contributed by atoms with Crippen molar-refractivity contribution in [1.29, 1.82) is 0 Å². The van der Waals surface area contributed by atoms with Gasteiger partial charge in [0.15, 0.2) is 6.80 Å². The van der Waals surface area contributed by atoms with Gasteiger partial charge in [0.1, 0.15) is 0 Å². The Balaban J connectivity index is 2.95. The highest BCUT2D eigenvalue weighted by molar-refractivity contribution is 5.95. The number of rotatable bonds is 2. The number of hydrogen-bond donors (Lipinski definition) is 0. The minimum Gasteiger partial charge on any atom is -0.314 e. The molecule has 2 nitrogen and oxygen atoms in total. The molecular formula is C10H12FNO. The van der Waals surface area contributed by atoms with Crippen LogP contribution in [0.3, 0.4) is 0 Å². The first kappa shape index (κ1) is 9.71. The van der Waals surface area contributed by atoms with Crippen molar-refractivity contribution in [2.24, 2.45) is 0 Å². The second-order valence-corrected chi connectivity index (χ2v) is 2.94. The van der Waals surface area contributed by atoms with Crippen LogP contribution in [0.2, 0.25) is 0 Å². The van der Waals surface area contributed by atoms with E-state index in [1.54, 1.807) is 12.1 Å². The Labute approximate surface area is 77.0 Å². The molecule has 1 amide bonds. The molecule has 0 heterocycles. The van der Waals surface area contributed by atoms with Gasteiger partial charge in [0.2, 0.25) is 0 Å². The number of aryl methyl sites for hydroxylation is 1. The van der Waals surface area contributed by atoms with Crippen LogP contribution in [0.15, 0.2) is 24.3 Å². The smallest absolute Gasteiger partial charge is 0.255 e. The van der Waals surface area contributed by atoms with Crippen LogP contribution < -0.4 is 0 Å². The van der Waals surface area contributed by atoms with E-state index in [-0.39, 0.29) is 5.91 Å². The zero-order chi connectivity index (χ0) is 9.84. The molecule has 0 aliphatic carbocycles. The van der Waals surface area contributed by atoms with E-state index in [1.165, 1.54) is 7.05 Å². The van der Waals surface area contributed by atoms with Gasteiger partial charge in [0, 0.05) is 12.6 Å². The third kappa shape index (κ3) is 2.05. The number of carbonyl (C=O) groups is 1. The van der Waals surface area contributed by atoms with Crippen molar-refractivity contribution in [3.8, 4) is 0 Å². The van der Waals surface area contributed by atoms with Gasteiger partial charge in [0.05, 0.1) is 0 Å². The lowest BCUT2D eigenvalue weighted by atomic mass is 10.1. The lowest BCUT2D eigenvalue weighted by molar-refractivity contribution is 0.0733. The van der Waals surface area contributed by atoms with Crippen LogP contribution in [0.5, 0.6) is 0 Å². The molecule has 1 aromatic rings. The van der Waals surface area contributed by atoms with E-state index in [1.807, 2.05) is 19.1 Å². The van der Waals surface area contributed by atoms with Gasteiger partial charge in [-0.2, -0.15) is 0 Å². The third-order valence-electron chi connectivity index (χ3n) is 1.90. The van der Waals surface area contributed by atoms with Gasteiger partial charge < -0.3 is 4.90 Å². The number of nitrogens with zero attached hydrogens (tertiary/aromatic N) is 1. The van der Waals surface area contributed by atoms with E-state index in [0.717, 1.165) is 10.5 Å². The fraction of sp³-hybridized carbons (Fsp3) is 0.300. The van der Waals surface area contributed by atoms with Crippen LogP contribution in [-0.2, 0) is 0 Å². The molecule has 0 saturated heterocycles. The molecule has 0 bridgehead atoms. The summed E-state index contributed by atoms with van der Waals surface area (Å²) in [5.41, 5.74) is 1.43. The number of alkyl halides is 1. The minimum absolute atomic E-state index is 0.277. The lowest BCUT2D eigenvalue weighted by Gasteiger charge is -2.13. The normalized spacial score (nSPS) is 9.77. The molecule has 0 aliphatic rings. The van der Waals surface area contributed by atoms with Crippen LogP contribution in [0, 0.1) is 6.92 Å². The van der Waals surface area contributed by atoms with Crippen molar-refractivity contribution in [3.05, 3.63) is 35.4 Å². The van der Waals surface area contributed by atoms with E-state index >= 15 is 0 Å². The van der Waals surface area contributed by atoms with Crippen molar-refractivity contribution in [2.75, 3.05) is 13.8 Å². The number of hydrogen-bond acceptors (Lipinski definition) is 1. The van der Waals surface area contributed by atoms with Crippen LogP contribution in [0.1, 0.15) is 15.9 Å². The second-order valence-electron chi connectivity index (χ2n) is 2.94. The van der Waals surface area contributed by atoms with E-state index in [4.69, 9.17) is 0 Å². The summed E-state index contributed by atoms with van der Waals surface area (Å²) in [4.78, 5) is 12.5. The van der Waals surface area contributed by atoms with Crippen LogP contribution in [0.25, 0.3) is 0 Å². The Morgan fingerprint density at radius 2 is 2.08 bits per heavy atom. The molecule has 0 saturated carbocycles. The summed E-state index contributed by atoms with van der Waals surface area (Å²) in [5.74, 6) is -0.277. The quantitative estimate of drug-likeness (QED) is 0.639. The van der Waals surface area contributed by atoms with Crippen molar-refractivity contribution < 1.29 is 9.18 Å². The van der Waals surface area contributed by atoms with Crippen molar-refractivity contribution in [2.45, 2.75) is 6.92 Å². The van der Waals surface area contributed by atoms with Crippen molar-refractivity contribution >= 4 is 5.91 Å². The molecule has 70 valence electrons. The molecule has 0 aromatic heterocycles. The van der Waals surface area contributed by atoms with E-state index in [2.05, 4.69) is 0 Å². The van der Waals surface area contributed by atoms with Gasteiger partial charge in [-0.3, -0.25) is 4.79 Å². The summed E-state index contributed by atoms with van der Waals surface area (Å²) in [5, 5.41) is 0. The molecule has 0 radical (unpaired) electrons. The molecule has 0 spiro atoms. The fourth-order valence-electron chi connectivity index (χ4n) is 1.07. The molecule has 13 heavy (non-hydrogen) atoms. The van der Waals surface area contributed by atoms with E-state index < -0.39 is 6.80 Å². The summed E-state index contributed by atoms with van der Waals surface area (Å²) >= 11 is 0. The predicted molar refractivity (Wildman–Crippen MR) is 49.2 cm³/mol. The van der Waals surface area contributed by atoms with Gasteiger partial charge in [0.25, 0.3) is 5.91 Å². The summed E-state index contributed by atoms with van der Waals surface area (Å²) in [6.45, 7) is 1.08. The van der Waals surface area contributed by atoms with Gasteiger partial charge >= 0.3 is 0 Å². The number of carbonyl (C=O) groups excluding carboxylic acids is 1. The number of halogens is 1. The highest BCUT2D eigenvalue weighted by Gasteiger charge is 2.12. The first-order valence-electron chi connectivity index (χ1n) is 4.04. The first-order chi connectivity index (χ1) is 6.16. The topological polar surface area (TPSA) is 20.3 Å². The Morgan fingerprint density at radius 3 is 2.62 bits per heavy atom. The maximum atomic E-state index is 12.2. The van der Waals surface area contributed by atoms with Crippen molar-refractivity contribution in [3.63, 3.8) is 0 Å². The van der Waals surface area contributed by atoms with E-state index in [0.29, 0.717) is 5.56 Å². The largest absolute Gasteiger partial charge is 0.314 e. The monoisotopic (exact) mass is 181 g/mol. The average molecular weight is 181 g/mol. The summed E-state index contributed by atoms with van der Waals surface area (Å²) in [6.07, 6.45) is 0. The van der Waals surface area contributed by atoms with Gasteiger partial charge in [-0.1, -0.05) is 18.2 Å². The van der Waals surface area contributed by atoms with Crippen molar-refractivity contribution in [1.82, 2.24) is 4.90 Å². The third-order valence-corrected chi connectivity index (χ3v) is 1.90. The molecule has 0 fully saturated rings. The maximum absolute atomic E-state index is 12.2. The highest BCUT2D eigenvalue weighted by Crippen LogP contribution is 2.09. The number of amides is 1. The van der Waals surface area contributed by atoms with E-state index in [9.17, 15) is 9.18 Å². The summed E-state index contributed by atoms with van der Waals surface area (Å²) in [6, 6.07) is 7.15. The van der Waals surface area contributed by atoms with Gasteiger partial charge in [-0.05, 0) is 18.6 Å². The fourth-order valence-corrected chi connectivity index (χ4v) is 1.07. The van der Waals surface area contributed by atoms with Crippen LogP contribution in [0.4, 0.5) is 4.39 Å². The Bertz CT molecular complexity index is 312. The van der Waals surface area contributed by atoms with Crippen LogP contribution in [-0.4, -0.2) is 24.7 Å². The molecular weight excluding hydrogens is 169 g/mol. The Hall–Kier alpha value is -1.38. The number of benzene rings is 1. The molecule has 0 aliphatic heterocycles. The second kappa shape index (κ2) is 4.03. The molecule has 0 unspecified atom stereocenters. The predicted octanol–water partition coefficient (Wildman–Crippen LogP) is 1.99. The Morgan fingerprint density at radius 1 is 1.46 bits per heavy atom. The zero-order valence-electron chi connectivity index (χ0n) is 7.75. The molecule has 0 N–H and O–H groups in total.